The van der Waals surface area contributed by atoms with E-state index >= 15 is 0 Å². The highest BCUT2D eigenvalue weighted by Crippen LogP contribution is 2.27. The van der Waals surface area contributed by atoms with Crippen LogP contribution in [-0.4, -0.2) is 35.7 Å². The predicted molar refractivity (Wildman–Crippen MR) is 91.8 cm³/mol. The molecular weight excluding hydrogens is 280 g/mol. The maximum absolute atomic E-state index is 12.6. The monoisotopic (exact) mass is 308 g/mol. The molecule has 0 spiro atoms. The van der Waals surface area contributed by atoms with E-state index in [2.05, 4.69) is 27.7 Å². The number of thioether (sulfide) groups is 1. The molecule has 1 atom stereocenters. The zero-order valence-corrected chi connectivity index (χ0v) is 14.6. The Morgan fingerprint density at radius 1 is 1.24 bits per heavy atom. The van der Waals surface area contributed by atoms with Gasteiger partial charge in [0.2, 0.25) is 0 Å². The molecule has 0 radical (unpaired) electrons. The molecule has 0 fully saturated rings. The van der Waals surface area contributed by atoms with Crippen LogP contribution in [0, 0.1) is 5.92 Å². The summed E-state index contributed by atoms with van der Waals surface area (Å²) in [7, 11) is 1.85. The Morgan fingerprint density at radius 2 is 1.86 bits per heavy atom. The van der Waals surface area contributed by atoms with E-state index in [1.54, 1.807) is 16.7 Å². The summed E-state index contributed by atoms with van der Waals surface area (Å²) in [5.74, 6) is 0.520. The number of carbonyl (C=O) groups is 1. The zero-order chi connectivity index (χ0) is 16.0. The average molecular weight is 308 g/mol. The molecule has 1 unspecified atom stereocenters. The second-order valence-corrected chi connectivity index (χ2v) is 7.70. The third-order valence-corrected chi connectivity index (χ3v) is 4.56. The Balaban J connectivity index is 2.74. The van der Waals surface area contributed by atoms with Gasteiger partial charge in [-0.05, 0) is 24.5 Å². The van der Waals surface area contributed by atoms with E-state index in [9.17, 15) is 4.79 Å². The molecule has 0 aliphatic heterocycles. The molecular formula is C17H28N2OS. The van der Waals surface area contributed by atoms with Crippen molar-refractivity contribution in [2.45, 2.75) is 50.3 Å². The van der Waals surface area contributed by atoms with Gasteiger partial charge in [0.1, 0.15) is 0 Å². The molecule has 0 aromatic heterocycles. The summed E-state index contributed by atoms with van der Waals surface area (Å²) in [6.45, 7) is 9.19. The van der Waals surface area contributed by atoms with E-state index in [4.69, 9.17) is 5.73 Å². The van der Waals surface area contributed by atoms with E-state index in [1.807, 2.05) is 31.3 Å². The highest BCUT2D eigenvalue weighted by atomic mass is 32.2. The van der Waals surface area contributed by atoms with Crippen molar-refractivity contribution in [3.8, 4) is 0 Å². The van der Waals surface area contributed by atoms with Crippen LogP contribution in [0.5, 0.6) is 0 Å². The summed E-state index contributed by atoms with van der Waals surface area (Å²) in [5.41, 5.74) is 6.85. The zero-order valence-electron chi connectivity index (χ0n) is 13.8. The molecule has 0 aliphatic carbocycles. The smallest absolute Gasteiger partial charge is 0.254 e. The van der Waals surface area contributed by atoms with Crippen LogP contribution in [0.25, 0.3) is 0 Å². The van der Waals surface area contributed by atoms with E-state index in [0.717, 1.165) is 16.9 Å². The Kier molecular flexibility index (Phi) is 7.26. The lowest BCUT2D eigenvalue weighted by Crippen LogP contribution is -2.34. The standard InChI is InChI=1S/C17H28N2OS/c1-12(2)15(18)10-11-19(5)17(20)14-8-6-7-9-16(14)21-13(3)4/h6-9,12-13,15H,10-11,18H2,1-5H3. The van der Waals surface area contributed by atoms with E-state index in [1.165, 1.54) is 0 Å². The maximum Gasteiger partial charge on any atom is 0.254 e. The molecule has 0 bridgehead atoms. The van der Waals surface area contributed by atoms with Crippen LogP contribution in [0.4, 0.5) is 0 Å². The molecule has 1 rings (SSSR count). The minimum absolute atomic E-state index is 0.0784. The lowest BCUT2D eigenvalue weighted by molar-refractivity contribution is 0.0786. The van der Waals surface area contributed by atoms with Gasteiger partial charge in [0, 0.05) is 29.8 Å². The van der Waals surface area contributed by atoms with Gasteiger partial charge in [0.25, 0.3) is 5.91 Å². The predicted octanol–water partition coefficient (Wildman–Crippen LogP) is 3.63. The quantitative estimate of drug-likeness (QED) is 0.782. The van der Waals surface area contributed by atoms with Crippen LogP contribution in [0.2, 0.25) is 0 Å². The van der Waals surface area contributed by atoms with Gasteiger partial charge in [-0.3, -0.25) is 4.79 Å². The highest BCUT2D eigenvalue weighted by Gasteiger charge is 2.17. The lowest BCUT2D eigenvalue weighted by Gasteiger charge is -2.22. The van der Waals surface area contributed by atoms with Crippen LogP contribution >= 0.6 is 11.8 Å². The normalized spacial score (nSPS) is 12.8. The van der Waals surface area contributed by atoms with E-state index in [-0.39, 0.29) is 11.9 Å². The van der Waals surface area contributed by atoms with Gasteiger partial charge in [-0.2, -0.15) is 0 Å². The van der Waals surface area contributed by atoms with Crippen LogP contribution in [0.1, 0.15) is 44.5 Å². The van der Waals surface area contributed by atoms with Gasteiger partial charge < -0.3 is 10.6 Å². The molecule has 3 nitrogen and oxygen atoms in total. The molecule has 4 heteroatoms. The van der Waals surface area contributed by atoms with Crippen molar-refractivity contribution in [3.63, 3.8) is 0 Å². The van der Waals surface area contributed by atoms with Crippen molar-refractivity contribution in [1.29, 1.82) is 0 Å². The Labute approximate surface area is 133 Å². The molecule has 0 saturated heterocycles. The Morgan fingerprint density at radius 3 is 2.43 bits per heavy atom. The lowest BCUT2D eigenvalue weighted by atomic mass is 10.0. The topological polar surface area (TPSA) is 46.3 Å². The summed E-state index contributed by atoms with van der Waals surface area (Å²) in [6, 6.07) is 7.97. The number of amides is 1. The van der Waals surface area contributed by atoms with Gasteiger partial charge in [0.05, 0.1) is 5.56 Å². The fourth-order valence-electron chi connectivity index (χ4n) is 1.98. The average Bonchev–Trinajstić information content (AvgIpc) is 2.43. The SMILES string of the molecule is CC(C)Sc1ccccc1C(=O)N(C)CCC(N)C(C)C. The Bertz CT molecular complexity index is 460. The summed E-state index contributed by atoms with van der Waals surface area (Å²) in [4.78, 5) is 15.4. The molecule has 1 aromatic carbocycles. The second kappa shape index (κ2) is 8.44. The minimum Gasteiger partial charge on any atom is -0.342 e. The fourth-order valence-corrected chi connectivity index (χ4v) is 2.93. The molecule has 118 valence electrons. The summed E-state index contributed by atoms with van der Waals surface area (Å²) >= 11 is 1.73. The maximum atomic E-state index is 12.6. The summed E-state index contributed by atoms with van der Waals surface area (Å²) in [5, 5.41) is 0.457. The molecule has 21 heavy (non-hydrogen) atoms. The first-order valence-electron chi connectivity index (χ1n) is 7.59. The van der Waals surface area contributed by atoms with Gasteiger partial charge in [-0.25, -0.2) is 0 Å². The van der Waals surface area contributed by atoms with Crippen molar-refractivity contribution in [2.24, 2.45) is 11.7 Å². The van der Waals surface area contributed by atoms with Gasteiger partial charge >= 0.3 is 0 Å². The number of benzene rings is 1. The summed E-state index contributed by atoms with van der Waals surface area (Å²) in [6.07, 6.45) is 0.833. The van der Waals surface area contributed by atoms with Crippen LogP contribution in [-0.2, 0) is 0 Å². The highest BCUT2D eigenvalue weighted by molar-refractivity contribution is 8.00. The largest absolute Gasteiger partial charge is 0.342 e. The van der Waals surface area contributed by atoms with Crippen molar-refractivity contribution < 1.29 is 4.79 Å². The number of carbonyl (C=O) groups excluding carboxylic acids is 1. The third-order valence-electron chi connectivity index (χ3n) is 3.48. The number of hydrogen-bond donors (Lipinski definition) is 1. The Hall–Kier alpha value is -1.00. The minimum atomic E-state index is 0.0784. The van der Waals surface area contributed by atoms with Crippen molar-refractivity contribution >= 4 is 17.7 Å². The fraction of sp³-hybridized carbons (Fsp3) is 0.588. The van der Waals surface area contributed by atoms with E-state index in [0.29, 0.717) is 17.7 Å². The first-order valence-corrected chi connectivity index (χ1v) is 8.47. The van der Waals surface area contributed by atoms with Gasteiger partial charge in [0.15, 0.2) is 0 Å². The number of nitrogens with zero attached hydrogens (tertiary/aromatic N) is 1. The second-order valence-electron chi connectivity index (χ2n) is 6.09. The first-order chi connectivity index (χ1) is 9.82. The van der Waals surface area contributed by atoms with Crippen LogP contribution in [0.3, 0.4) is 0 Å². The van der Waals surface area contributed by atoms with Crippen molar-refractivity contribution in [2.75, 3.05) is 13.6 Å². The molecule has 0 aliphatic rings. The molecule has 2 N–H and O–H groups in total. The first kappa shape index (κ1) is 18.1. The van der Waals surface area contributed by atoms with E-state index < -0.39 is 0 Å². The van der Waals surface area contributed by atoms with Gasteiger partial charge in [-0.1, -0.05) is 39.8 Å². The van der Waals surface area contributed by atoms with Gasteiger partial charge in [-0.15, -0.1) is 11.8 Å². The van der Waals surface area contributed by atoms with Crippen molar-refractivity contribution in [3.05, 3.63) is 29.8 Å². The number of nitrogens with two attached hydrogens (primary N) is 1. The van der Waals surface area contributed by atoms with Crippen molar-refractivity contribution in [1.82, 2.24) is 4.90 Å². The van der Waals surface area contributed by atoms with Crippen LogP contribution < -0.4 is 5.73 Å². The number of hydrogen-bond acceptors (Lipinski definition) is 3. The van der Waals surface area contributed by atoms with Crippen LogP contribution in [0.15, 0.2) is 29.2 Å². The molecule has 0 heterocycles. The summed E-state index contributed by atoms with van der Waals surface area (Å²) < 4.78 is 0. The molecule has 0 saturated carbocycles. The third kappa shape index (κ3) is 5.71. The molecule has 1 amide bonds. The number of rotatable bonds is 7. The molecule has 1 aromatic rings.